The number of halogens is 4. The molecule has 10 heteroatoms. The van der Waals surface area contributed by atoms with Crippen molar-refractivity contribution in [2.24, 2.45) is 5.14 Å². The highest BCUT2D eigenvalue weighted by Crippen LogP contribution is 2.35. The van der Waals surface area contributed by atoms with Crippen LogP contribution in [0.3, 0.4) is 0 Å². The molecule has 1 heterocycles. The number of nitrogens with zero attached hydrogens (tertiary/aromatic N) is 2. The van der Waals surface area contributed by atoms with Crippen molar-refractivity contribution in [3.63, 3.8) is 0 Å². The van der Waals surface area contributed by atoms with Gasteiger partial charge in [0.25, 0.3) is 0 Å². The van der Waals surface area contributed by atoms with Crippen LogP contribution in [0.5, 0.6) is 0 Å². The van der Waals surface area contributed by atoms with E-state index in [0.29, 0.717) is 22.0 Å². The lowest BCUT2D eigenvalue weighted by molar-refractivity contribution is 0.0895. The number of hydrogen-bond donors (Lipinski definition) is 1. The summed E-state index contributed by atoms with van der Waals surface area (Å²) in [6.07, 6.45) is 0. The third-order valence-electron chi connectivity index (χ3n) is 3.55. The fourth-order valence-electron chi connectivity index (χ4n) is 2.32. The number of nitrogens with two attached hydrogens (primary N) is 1. The van der Waals surface area contributed by atoms with E-state index < -0.39 is 21.1 Å². The fourth-order valence-corrected chi connectivity index (χ4v) is 3.05. The Balaban J connectivity index is 2.16. The Kier molecular flexibility index (Phi) is 4.78. The van der Waals surface area contributed by atoms with Crippen LogP contribution in [0.4, 0.5) is 8.78 Å². The molecule has 3 rings (SSSR count). The van der Waals surface area contributed by atoms with Gasteiger partial charge in [0.05, 0.1) is 16.3 Å². The SMILES string of the molecule is NS(=O)(=O)c1ccc(-n2nc(C(F)(F)Cl)cc2-c2ccc(Cl)cc2)cc1. The van der Waals surface area contributed by atoms with Gasteiger partial charge in [-0.1, -0.05) is 23.7 Å². The summed E-state index contributed by atoms with van der Waals surface area (Å²) in [5.74, 6) is 0. The van der Waals surface area contributed by atoms with Crippen LogP contribution in [0.25, 0.3) is 16.9 Å². The molecule has 2 N–H and O–H groups in total. The highest BCUT2D eigenvalue weighted by molar-refractivity contribution is 7.89. The molecular formula is C16H11Cl2F2N3O2S. The molecule has 0 saturated heterocycles. The third-order valence-corrected chi connectivity index (χ3v) is 4.92. The molecule has 1 aromatic heterocycles. The minimum Gasteiger partial charge on any atom is -0.233 e. The van der Waals surface area contributed by atoms with Crippen molar-refractivity contribution in [1.29, 1.82) is 0 Å². The average molecular weight is 418 g/mol. The number of aromatic nitrogens is 2. The van der Waals surface area contributed by atoms with Crippen LogP contribution in [-0.2, 0) is 15.4 Å². The zero-order valence-corrected chi connectivity index (χ0v) is 15.2. The van der Waals surface area contributed by atoms with Gasteiger partial charge in [-0.15, -0.1) is 0 Å². The van der Waals surface area contributed by atoms with Gasteiger partial charge < -0.3 is 0 Å². The van der Waals surface area contributed by atoms with Gasteiger partial charge in [-0.05, 0) is 54.1 Å². The van der Waals surface area contributed by atoms with Crippen molar-refractivity contribution in [3.05, 3.63) is 65.3 Å². The van der Waals surface area contributed by atoms with Crippen LogP contribution in [0, 0.1) is 0 Å². The molecule has 0 radical (unpaired) electrons. The summed E-state index contributed by atoms with van der Waals surface area (Å²) in [5, 5.41) is 5.75. The summed E-state index contributed by atoms with van der Waals surface area (Å²) in [5.41, 5.74) is 0.624. The normalized spacial score (nSPS) is 12.3. The third kappa shape index (κ3) is 3.88. The van der Waals surface area contributed by atoms with E-state index in [4.69, 9.17) is 28.3 Å². The van der Waals surface area contributed by atoms with E-state index >= 15 is 0 Å². The first-order valence-corrected chi connectivity index (χ1v) is 9.42. The van der Waals surface area contributed by atoms with Gasteiger partial charge >= 0.3 is 5.38 Å². The first kappa shape index (κ1) is 18.8. The second kappa shape index (κ2) is 6.62. The van der Waals surface area contributed by atoms with E-state index in [2.05, 4.69) is 5.10 Å². The maximum Gasteiger partial charge on any atom is 0.366 e. The predicted octanol–water partition coefficient (Wildman–Crippen LogP) is 4.13. The topological polar surface area (TPSA) is 78.0 Å². The smallest absolute Gasteiger partial charge is 0.233 e. The van der Waals surface area contributed by atoms with Crippen molar-refractivity contribution in [2.45, 2.75) is 10.3 Å². The minimum absolute atomic E-state index is 0.107. The molecule has 0 fully saturated rings. The van der Waals surface area contributed by atoms with Crippen molar-refractivity contribution in [2.75, 3.05) is 0 Å². The van der Waals surface area contributed by atoms with Crippen LogP contribution in [0.1, 0.15) is 5.69 Å². The summed E-state index contributed by atoms with van der Waals surface area (Å²) in [4.78, 5) is -0.107. The molecule has 2 aromatic carbocycles. The Labute approximate surface area is 158 Å². The molecule has 0 unspecified atom stereocenters. The molecular weight excluding hydrogens is 407 g/mol. The summed E-state index contributed by atoms with van der Waals surface area (Å²) >= 11 is 11.0. The second-order valence-corrected chi connectivity index (χ2v) is 7.84. The van der Waals surface area contributed by atoms with E-state index in [0.717, 1.165) is 6.07 Å². The lowest BCUT2D eigenvalue weighted by Gasteiger charge is -2.08. The number of benzene rings is 2. The molecule has 136 valence electrons. The van der Waals surface area contributed by atoms with E-state index in [9.17, 15) is 17.2 Å². The van der Waals surface area contributed by atoms with Gasteiger partial charge in [0.2, 0.25) is 10.0 Å². The van der Waals surface area contributed by atoms with Gasteiger partial charge in [-0.2, -0.15) is 13.9 Å². The van der Waals surface area contributed by atoms with Gasteiger partial charge in [-0.25, -0.2) is 18.2 Å². The maximum absolute atomic E-state index is 13.5. The number of rotatable bonds is 4. The van der Waals surface area contributed by atoms with Gasteiger partial charge in [0.15, 0.2) is 0 Å². The fraction of sp³-hybridized carbons (Fsp3) is 0.0625. The van der Waals surface area contributed by atoms with Crippen molar-refractivity contribution in [1.82, 2.24) is 9.78 Å². The van der Waals surface area contributed by atoms with Crippen LogP contribution in [0.2, 0.25) is 5.02 Å². The molecule has 0 saturated carbocycles. The summed E-state index contributed by atoms with van der Waals surface area (Å²) in [7, 11) is -3.87. The average Bonchev–Trinajstić information content (AvgIpc) is 3.00. The Hall–Kier alpha value is -2.00. The van der Waals surface area contributed by atoms with E-state index in [1.54, 1.807) is 24.3 Å². The van der Waals surface area contributed by atoms with Gasteiger partial charge in [-0.3, -0.25) is 0 Å². The molecule has 0 bridgehead atoms. The molecule has 0 spiro atoms. The molecule has 0 aliphatic rings. The first-order chi connectivity index (χ1) is 12.1. The molecule has 0 aliphatic heterocycles. The first-order valence-electron chi connectivity index (χ1n) is 7.12. The molecule has 26 heavy (non-hydrogen) atoms. The van der Waals surface area contributed by atoms with E-state index in [-0.39, 0.29) is 4.90 Å². The highest BCUT2D eigenvalue weighted by Gasteiger charge is 2.32. The van der Waals surface area contributed by atoms with Crippen molar-refractivity contribution >= 4 is 33.2 Å². The molecule has 0 amide bonds. The molecule has 3 aromatic rings. The number of alkyl halides is 3. The second-order valence-electron chi connectivity index (χ2n) is 5.37. The standard InChI is InChI=1S/C16H11Cl2F2N3O2S/c17-11-3-1-10(2-4-11)14-9-15(16(18,19)20)22-23(14)12-5-7-13(8-6-12)26(21,24)25/h1-9H,(H2,21,24,25). The lowest BCUT2D eigenvalue weighted by atomic mass is 10.1. The lowest BCUT2D eigenvalue weighted by Crippen LogP contribution is -2.12. The van der Waals surface area contributed by atoms with E-state index in [1.807, 2.05) is 0 Å². The summed E-state index contributed by atoms with van der Waals surface area (Å²) in [6, 6.07) is 13.0. The van der Waals surface area contributed by atoms with Crippen molar-refractivity contribution in [3.8, 4) is 16.9 Å². The van der Waals surface area contributed by atoms with Crippen LogP contribution < -0.4 is 5.14 Å². The summed E-state index contributed by atoms with van der Waals surface area (Å²) < 4.78 is 51.0. The number of hydrogen-bond acceptors (Lipinski definition) is 3. The number of primary sulfonamides is 1. The zero-order valence-electron chi connectivity index (χ0n) is 12.9. The highest BCUT2D eigenvalue weighted by atomic mass is 35.5. The minimum atomic E-state index is -3.87. The largest absolute Gasteiger partial charge is 0.366 e. The Morgan fingerprint density at radius 1 is 1.04 bits per heavy atom. The quantitative estimate of drug-likeness (QED) is 0.648. The Morgan fingerprint density at radius 3 is 2.12 bits per heavy atom. The molecule has 0 aliphatic carbocycles. The van der Waals surface area contributed by atoms with Crippen molar-refractivity contribution < 1.29 is 17.2 Å². The Morgan fingerprint density at radius 2 is 1.62 bits per heavy atom. The van der Waals surface area contributed by atoms with Crippen LogP contribution in [0.15, 0.2) is 59.5 Å². The molecule has 5 nitrogen and oxygen atoms in total. The number of sulfonamides is 1. The van der Waals surface area contributed by atoms with Crippen LogP contribution in [-0.4, -0.2) is 18.2 Å². The maximum atomic E-state index is 13.5. The molecule has 0 atom stereocenters. The van der Waals surface area contributed by atoms with Gasteiger partial charge in [0.1, 0.15) is 5.69 Å². The van der Waals surface area contributed by atoms with Gasteiger partial charge in [0, 0.05) is 10.6 Å². The van der Waals surface area contributed by atoms with Crippen LogP contribution >= 0.6 is 23.2 Å². The Bertz CT molecular complexity index is 1040. The monoisotopic (exact) mass is 417 g/mol. The summed E-state index contributed by atoms with van der Waals surface area (Å²) in [6.45, 7) is 0. The zero-order chi connectivity index (χ0) is 19.1. The predicted molar refractivity (Wildman–Crippen MR) is 95.1 cm³/mol. The van der Waals surface area contributed by atoms with E-state index in [1.165, 1.54) is 28.9 Å².